The number of hydrogen-bond donors (Lipinski definition) is 2. The lowest BCUT2D eigenvalue weighted by Gasteiger charge is -2.23. The summed E-state index contributed by atoms with van der Waals surface area (Å²) in [6, 6.07) is 7.81. The number of rotatable bonds is 6. The Morgan fingerprint density at radius 3 is 2.95 bits per heavy atom. The van der Waals surface area contributed by atoms with E-state index >= 15 is 0 Å². The molecule has 1 fully saturated rings. The number of nitrogens with zero attached hydrogens (tertiary/aromatic N) is 1. The predicted molar refractivity (Wildman–Crippen MR) is 75.6 cm³/mol. The number of nitrogens with two attached hydrogens (primary N) is 1. The van der Waals surface area contributed by atoms with Crippen LogP contribution in [0.4, 0.5) is 10.5 Å². The molecule has 1 aromatic rings. The Hall–Kier alpha value is -1.75. The number of anilines is 1. The largest absolute Gasteiger partial charge is 0.497 e. The predicted octanol–water partition coefficient (Wildman–Crippen LogP) is 1.72. The van der Waals surface area contributed by atoms with E-state index in [1.54, 1.807) is 12.0 Å². The maximum absolute atomic E-state index is 12.2. The van der Waals surface area contributed by atoms with Gasteiger partial charge in [0.15, 0.2) is 0 Å². The van der Waals surface area contributed by atoms with Crippen LogP contribution >= 0.6 is 0 Å². The number of amides is 2. The Bertz CT molecular complexity index is 432. The standard InChI is InChI=1S/C14H21N3O2/c1-19-13-5-2-4-12(10-13)17(9-3-8-15)14(18)16-11-6-7-11/h2,4-5,10-11H,3,6-9,15H2,1H3,(H,16,18). The molecule has 0 unspecified atom stereocenters. The summed E-state index contributed by atoms with van der Waals surface area (Å²) < 4.78 is 5.20. The summed E-state index contributed by atoms with van der Waals surface area (Å²) in [5.74, 6) is 0.745. The molecule has 1 aliphatic rings. The average Bonchev–Trinajstić information content (AvgIpc) is 3.23. The first-order chi connectivity index (χ1) is 9.24. The molecule has 0 spiro atoms. The van der Waals surface area contributed by atoms with Crippen molar-refractivity contribution in [3.63, 3.8) is 0 Å². The number of urea groups is 1. The van der Waals surface area contributed by atoms with E-state index in [4.69, 9.17) is 10.5 Å². The van der Waals surface area contributed by atoms with Crippen LogP contribution in [0, 0.1) is 0 Å². The van der Waals surface area contributed by atoms with Crippen molar-refractivity contribution in [2.24, 2.45) is 5.73 Å². The minimum absolute atomic E-state index is 0.0517. The normalized spacial score (nSPS) is 14.0. The van der Waals surface area contributed by atoms with Crippen molar-refractivity contribution >= 4 is 11.7 Å². The third-order valence-corrected chi connectivity index (χ3v) is 3.10. The van der Waals surface area contributed by atoms with E-state index in [2.05, 4.69) is 5.32 Å². The van der Waals surface area contributed by atoms with E-state index in [-0.39, 0.29) is 6.03 Å². The Kier molecular flexibility index (Phi) is 4.63. The molecule has 3 N–H and O–H groups in total. The number of carbonyl (C=O) groups is 1. The molecular weight excluding hydrogens is 242 g/mol. The SMILES string of the molecule is COc1cccc(N(CCCN)C(=O)NC2CC2)c1. The lowest BCUT2D eigenvalue weighted by Crippen LogP contribution is -2.42. The highest BCUT2D eigenvalue weighted by atomic mass is 16.5. The summed E-state index contributed by atoms with van der Waals surface area (Å²) in [6.07, 6.45) is 2.93. The molecule has 5 nitrogen and oxygen atoms in total. The molecule has 0 atom stereocenters. The monoisotopic (exact) mass is 263 g/mol. The van der Waals surface area contributed by atoms with Gasteiger partial charge in [0.2, 0.25) is 0 Å². The van der Waals surface area contributed by atoms with Crippen molar-refractivity contribution in [3.8, 4) is 5.75 Å². The molecule has 0 radical (unpaired) electrons. The summed E-state index contributed by atoms with van der Waals surface area (Å²) in [5, 5.41) is 3.00. The van der Waals surface area contributed by atoms with E-state index in [0.29, 0.717) is 19.1 Å². The fourth-order valence-electron chi connectivity index (χ4n) is 1.86. The van der Waals surface area contributed by atoms with Crippen molar-refractivity contribution in [2.75, 3.05) is 25.1 Å². The molecule has 19 heavy (non-hydrogen) atoms. The average molecular weight is 263 g/mol. The van der Waals surface area contributed by atoms with Gasteiger partial charge >= 0.3 is 6.03 Å². The maximum atomic E-state index is 12.2. The van der Waals surface area contributed by atoms with Crippen molar-refractivity contribution in [1.82, 2.24) is 5.32 Å². The van der Waals surface area contributed by atoms with Crippen LogP contribution in [0.5, 0.6) is 5.75 Å². The van der Waals surface area contributed by atoms with Crippen LogP contribution < -0.4 is 20.7 Å². The molecule has 2 amide bonds. The topological polar surface area (TPSA) is 67.6 Å². The molecule has 104 valence electrons. The summed E-state index contributed by atoms with van der Waals surface area (Å²) in [7, 11) is 1.62. The fourth-order valence-corrected chi connectivity index (χ4v) is 1.86. The number of nitrogens with one attached hydrogen (secondary N) is 1. The highest BCUT2D eigenvalue weighted by Crippen LogP contribution is 2.23. The second kappa shape index (κ2) is 6.43. The van der Waals surface area contributed by atoms with Crippen LogP contribution in [0.2, 0.25) is 0 Å². The first kappa shape index (κ1) is 13.7. The van der Waals surface area contributed by atoms with Crippen LogP contribution in [0.3, 0.4) is 0 Å². The molecule has 1 saturated carbocycles. The number of ether oxygens (including phenoxy) is 1. The van der Waals surface area contributed by atoms with Crippen molar-refractivity contribution < 1.29 is 9.53 Å². The van der Waals surface area contributed by atoms with Crippen LogP contribution in [-0.4, -0.2) is 32.3 Å². The first-order valence-electron chi connectivity index (χ1n) is 6.66. The van der Waals surface area contributed by atoms with Crippen molar-refractivity contribution in [3.05, 3.63) is 24.3 Å². The molecular formula is C14H21N3O2. The third kappa shape index (κ3) is 3.86. The summed E-state index contributed by atoms with van der Waals surface area (Å²) >= 11 is 0. The molecule has 0 aromatic heterocycles. The lowest BCUT2D eigenvalue weighted by atomic mass is 10.2. The summed E-state index contributed by atoms with van der Waals surface area (Å²) in [6.45, 7) is 1.18. The fraction of sp³-hybridized carbons (Fsp3) is 0.500. The van der Waals surface area contributed by atoms with Crippen LogP contribution in [0.15, 0.2) is 24.3 Å². The maximum Gasteiger partial charge on any atom is 0.322 e. The molecule has 0 heterocycles. The Balaban J connectivity index is 2.11. The van der Waals surface area contributed by atoms with Crippen LogP contribution in [0.1, 0.15) is 19.3 Å². The van der Waals surface area contributed by atoms with E-state index in [9.17, 15) is 4.79 Å². The second-order valence-corrected chi connectivity index (χ2v) is 4.72. The van der Waals surface area contributed by atoms with Gasteiger partial charge in [-0.05, 0) is 37.9 Å². The van der Waals surface area contributed by atoms with Gasteiger partial charge in [0, 0.05) is 24.3 Å². The van der Waals surface area contributed by atoms with Crippen molar-refractivity contribution in [2.45, 2.75) is 25.3 Å². The van der Waals surface area contributed by atoms with Crippen molar-refractivity contribution in [1.29, 1.82) is 0 Å². The van der Waals surface area contributed by atoms with Gasteiger partial charge in [-0.3, -0.25) is 4.90 Å². The molecule has 1 aliphatic carbocycles. The zero-order valence-corrected chi connectivity index (χ0v) is 11.3. The van der Waals surface area contributed by atoms with Crippen LogP contribution in [-0.2, 0) is 0 Å². The van der Waals surface area contributed by atoms with Gasteiger partial charge < -0.3 is 15.8 Å². The summed E-state index contributed by atoms with van der Waals surface area (Å²) in [5.41, 5.74) is 6.38. The van der Waals surface area contributed by atoms with E-state index in [1.165, 1.54) is 0 Å². The number of methoxy groups -OCH3 is 1. The Morgan fingerprint density at radius 2 is 2.32 bits per heavy atom. The van der Waals surface area contributed by atoms with E-state index in [1.807, 2.05) is 24.3 Å². The molecule has 0 saturated heterocycles. The number of hydrogen-bond acceptors (Lipinski definition) is 3. The van der Waals surface area contributed by atoms with Gasteiger partial charge in [-0.2, -0.15) is 0 Å². The molecule has 0 aliphatic heterocycles. The lowest BCUT2D eigenvalue weighted by molar-refractivity contribution is 0.246. The zero-order valence-electron chi connectivity index (χ0n) is 11.3. The van der Waals surface area contributed by atoms with Gasteiger partial charge in [-0.15, -0.1) is 0 Å². The first-order valence-corrected chi connectivity index (χ1v) is 6.66. The van der Waals surface area contributed by atoms with Gasteiger partial charge in [0.1, 0.15) is 5.75 Å². The smallest absolute Gasteiger partial charge is 0.322 e. The molecule has 2 rings (SSSR count). The van der Waals surface area contributed by atoms with Gasteiger partial charge in [0.25, 0.3) is 0 Å². The highest BCUT2D eigenvalue weighted by Gasteiger charge is 2.26. The quantitative estimate of drug-likeness (QED) is 0.821. The van der Waals surface area contributed by atoms with Gasteiger partial charge in [0.05, 0.1) is 7.11 Å². The Morgan fingerprint density at radius 1 is 1.53 bits per heavy atom. The minimum atomic E-state index is -0.0517. The Labute approximate surface area is 113 Å². The zero-order chi connectivity index (χ0) is 13.7. The minimum Gasteiger partial charge on any atom is -0.497 e. The van der Waals surface area contributed by atoms with E-state index in [0.717, 1.165) is 30.7 Å². The molecule has 1 aromatic carbocycles. The van der Waals surface area contributed by atoms with E-state index < -0.39 is 0 Å². The second-order valence-electron chi connectivity index (χ2n) is 4.72. The number of benzene rings is 1. The number of carbonyl (C=O) groups excluding carboxylic acids is 1. The highest BCUT2D eigenvalue weighted by molar-refractivity contribution is 5.92. The van der Waals surface area contributed by atoms with Gasteiger partial charge in [-0.25, -0.2) is 4.79 Å². The van der Waals surface area contributed by atoms with Gasteiger partial charge in [-0.1, -0.05) is 6.07 Å². The summed E-state index contributed by atoms with van der Waals surface area (Å²) in [4.78, 5) is 14.0. The van der Waals surface area contributed by atoms with Crippen LogP contribution in [0.25, 0.3) is 0 Å². The molecule has 0 bridgehead atoms. The molecule has 5 heteroatoms. The third-order valence-electron chi connectivity index (χ3n) is 3.10.